The molecule has 2 nitrogen and oxygen atoms in total. The number of aliphatic hydroxyl groups excluding tert-OH is 1. The molecule has 70 valence electrons. The largest absolute Gasteiger partial charge is 0.501 e. The summed E-state index contributed by atoms with van der Waals surface area (Å²) in [5.41, 5.74) is 1.07. The maximum atomic E-state index is 9.79. The zero-order valence-electron chi connectivity index (χ0n) is 7.92. The fraction of sp³-hybridized carbons (Fsp3) is 0.800. The van der Waals surface area contributed by atoms with Crippen molar-refractivity contribution in [2.24, 2.45) is 5.92 Å². The Labute approximate surface area is 74.2 Å². The Morgan fingerprint density at radius 1 is 1.67 bits per heavy atom. The van der Waals surface area contributed by atoms with E-state index in [1.165, 1.54) is 0 Å². The minimum absolute atomic E-state index is 0.296. The van der Waals surface area contributed by atoms with E-state index >= 15 is 0 Å². The number of aliphatic hydroxyl groups is 1. The number of hydrogen-bond donors (Lipinski definition) is 1. The van der Waals surface area contributed by atoms with Crippen molar-refractivity contribution in [1.82, 2.24) is 0 Å². The Morgan fingerprint density at radius 2 is 2.42 bits per heavy atom. The monoisotopic (exact) mass is 170 g/mol. The van der Waals surface area contributed by atoms with Crippen molar-refractivity contribution in [3.8, 4) is 0 Å². The van der Waals surface area contributed by atoms with Crippen molar-refractivity contribution in [2.45, 2.75) is 39.2 Å². The van der Waals surface area contributed by atoms with Crippen LogP contribution in [0.15, 0.2) is 11.8 Å². The molecule has 0 bridgehead atoms. The first-order valence-electron chi connectivity index (χ1n) is 4.74. The van der Waals surface area contributed by atoms with Crippen LogP contribution in [-0.4, -0.2) is 17.8 Å². The highest BCUT2D eigenvalue weighted by molar-refractivity contribution is 5.07. The molecule has 0 spiro atoms. The second kappa shape index (κ2) is 4.51. The third kappa shape index (κ3) is 2.24. The van der Waals surface area contributed by atoms with Crippen LogP contribution in [0.4, 0.5) is 0 Å². The van der Waals surface area contributed by atoms with Crippen LogP contribution in [0.5, 0.6) is 0 Å². The van der Waals surface area contributed by atoms with Crippen molar-refractivity contribution in [1.29, 1.82) is 0 Å². The minimum Gasteiger partial charge on any atom is -0.501 e. The van der Waals surface area contributed by atoms with Crippen molar-refractivity contribution < 1.29 is 9.84 Å². The van der Waals surface area contributed by atoms with Gasteiger partial charge in [0.15, 0.2) is 0 Å². The molecule has 1 aliphatic heterocycles. The van der Waals surface area contributed by atoms with Gasteiger partial charge in [-0.3, -0.25) is 0 Å². The Morgan fingerprint density at radius 3 is 2.92 bits per heavy atom. The topological polar surface area (TPSA) is 29.5 Å². The Balaban J connectivity index is 2.49. The highest BCUT2D eigenvalue weighted by atomic mass is 16.5. The van der Waals surface area contributed by atoms with Gasteiger partial charge < -0.3 is 9.84 Å². The molecule has 2 atom stereocenters. The third-order valence-corrected chi connectivity index (χ3v) is 2.53. The average Bonchev–Trinajstić information content (AvgIpc) is 2.17. The maximum Gasteiger partial charge on any atom is 0.0876 e. The van der Waals surface area contributed by atoms with E-state index in [-0.39, 0.29) is 6.10 Å². The normalized spacial score (nSPS) is 22.4. The minimum atomic E-state index is -0.296. The molecular formula is C10H18O2. The summed E-state index contributed by atoms with van der Waals surface area (Å²) >= 11 is 0. The molecule has 0 saturated heterocycles. The summed E-state index contributed by atoms with van der Waals surface area (Å²) in [5.74, 6) is 0.345. The Bertz CT molecular complexity index is 163. The van der Waals surface area contributed by atoms with E-state index in [1.54, 1.807) is 6.26 Å². The lowest BCUT2D eigenvalue weighted by atomic mass is 9.93. The molecule has 0 saturated carbocycles. The SMILES string of the molecule is CCC(C)C(O)C1=COCCC1. The maximum absolute atomic E-state index is 9.79. The first kappa shape index (κ1) is 9.59. The van der Waals surface area contributed by atoms with Crippen LogP contribution in [0.25, 0.3) is 0 Å². The van der Waals surface area contributed by atoms with Gasteiger partial charge in [0.25, 0.3) is 0 Å². The highest BCUT2D eigenvalue weighted by Gasteiger charge is 2.18. The lowest BCUT2D eigenvalue weighted by molar-refractivity contribution is 0.125. The summed E-state index contributed by atoms with van der Waals surface area (Å²) < 4.78 is 5.18. The first-order valence-corrected chi connectivity index (χ1v) is 4.74. The molecule has 2 heteroatoms. The molecule has 0 aromatic heterocycles. The summed E-state index contributed by atoms with van der Waals surface area (Å²) in [6, 6.07) is 0. The van der Waals surface area contributed by atoms with Crippen molar-refractivity contribution >= 4 is 0 Å². The smallest absolute Gasteiger partial charge is 0.0876 e. The van der Waals surface area contributed by atoms with Crippen LogP contribution < -0.4 is 0 Å². The summed E-state index contributed by atoms with van der Waals surface area (Å²) in [4.78, 5) is 0. The summed E-state index contributed by atoms with van der Waals surface area (Å²) in [6.07, 6.45) is 4.49. The van der Waals surface area contributed by atoms with Crippen molar-refractivity contribution in [2.75, 3.05) is 6.61 Å². The molecule has 0 aromatic carbocycles. The lowest BCUT2D eigenvalue weighted by Crippen LogP contribution is -2.21. The highest BCUT2D eigenvalue weighted by Crippen LogP contribution is 2.22. The molecule has 0 amide bonds. The molecule has 1 N–H and O–H groups in total. The Hall–Kier alpha value is -0.500. The van der Waals surface area contributed by atoms with Gasteiger partial charge in [-0.2, -0.15) is 0 Å². The molecule has 0 aromatic rings. The summed E-state index contributed by atoms with van der Waals surface area (Å²) in [6.45, 7) is 4.97. The van der Waals surface area contributed by atoms with E-state index in [1.807, 2.05) is 0 Å². The van der Waals surface area contributed by atoms with Crippen LogP contribution in [0.3, 0.4) is 0 Å². The molecule has 0 radical (unpaired) electrons. The van der Waals surface area contributed by atoms with Gasteiger partial charge in [-0.1, -0.05) is 20.3 Å². The predicted molar refractivity (Wildman–Crippen MR) is 48.7 cm³/mol. The number of rotatable bonds is 3. The lowest BCUT2D eigenvalue weighted by Gasteiger charge is -2.22. The Kier molecular flexibility index (Phi) is 3.60. The molecule has 0 fully saturated rings. The van der Waals surface area contributed by atoms with Gasteiger partial charge in [-0.25, -0.2) is 0 Å². The van der Waals surface area contributed by atoms with Crippen LogP contribution in [0.1, 0.15) is 33.1 Å². The number of hydrogen-bond acceptors (Lipinski definition) is 2. The van der Waals surface area contributed by atoms with Crippen LogP contribution in [-0.2, 0) is 4.74 Å². The third-order valence-electron chi connectivity index (χ3n) is 2.53. The van der Waals surface area contributed by atoms with E-state index in [0.717, 1.165) is 31.4 Å². The van der Waals surface area contributed by atoms with E-state index in [4.69, 9.17) is 4.74 Å². The van der Waals surface area contributed by atoms with E-state index in [0.29, 0.717) is 5.92 Å². The predicted octanol–water partition coefficient (Wildman–Crippen LogP) is 2.09. The van der Waals surface area contributed by atoms with Crippen LogP contribution in [0.2, 0.25) is 0 Å². The van der Waals surface area contributed by atoms with Crippen molar-refractivity contribution in [3.63, 3.8) is 0 Å². The van der Waals surface area contributed by atoms with Crippen LogP contribution >= 0.6 is 0 Å². The molecule has 1 rings (SSSR count). The zero-order chi connectivity index (χ0) is 8.97. The van der Waals surface area contributed by atoms with Gasteiger partial charge in [0.2, 0.25) is 0 Å². The molecule has 2 unspecified atom stereocenters. The zero-order valence-corrected chi connectivity index (χ0v) is 7.92. The van der Waals surface area contributed by atoms with Gasteiger partial charge in [0.1, 0.15) is 0 Å². The molecule has 0 aliphatic carbocycles. The van der Waals surface area contributed by atoms with Gasteiger partial charge in [0, 0.05) is 0 Å². The quantitative estimate of drug-likeness (QED) is 0.702. The number of ether oxygens (including phenoxy) is 1. The van der Waals surface area contributed by atoms with Gasteiger partial charge in [0.05, 0.1) is 19.0 Å². The van der Waals surface area contributed by atoms with E-state index in [2.05, 4.69) is 13.8 Å². The van der Waals surface area contributed by atoms with Crippen molar-refractivity contribution in [3.05, 3.63) is 11.8 Å². The fourth-order valence-corrected chi connectivity index (χ4v) is 1.39. The second-order valence-corrected chi connectivity index (χ2v) is 3.50. The van der Waals surface area contributed by atoms with Crippen LogP contribution in [0, 0.1) is 5.92 Å². The van der Waals surface area contributed by atoms with Gasteiger partial charge in [-0.15, -0.1) is 0 Å². The van der Waals surface area contributed by atoms with Gasteiger partial charge >= 0.3 is 0 Å². The van der Waals surface area contributed by atoms with Gasteiger partial charge in [-0.05, 0) is 24.3 Å². The summed E-state index contributed by atoms with van der Waals surface area (Å²) in [5, 5.41) is 9.79. The first-order chi connectivity index (χ1) is 5.75. The molecule has 12 heavy (non-hydrogen) atoms. The van der Waals surface area contributed by atoms with E-state index in [9.17, 15) is 5.11 Å². The average molecular weight is 170 g/mol. The molecular weight excluding hydrogens is 152 g/mol. The molecule has 1 aliphatic rings. The molecule has 1 heterocycles. The fourth-order valence-electron chi connectivity index (χ4n) is 1.39. The second-order valence-electron chi connectivity index (χ2n) is 3.50. The standard InChI is InChI=1S/C10H18O2/c1-3-8(2)10(11)9-5-4-6-12-7-9/h7-8,10-11H,3-6H2,1-2H3. The summed E-state index contributed by atoms with van der Waals surface area (Å²) in [7, 11) is 0. The van der Waals surface area contributed by atoms with E-state index < -0.39 is 0 Å².